The number of hydrogen-bond donors (Lipinski definition) is 0. The van der Waals surface area contributed by atoms with Crippen molar-refractivity contribution in [3.63, 3.8) is 0 Å². The Balaban J connectivity index is 1.64. The molecule has 10 heteroatoms. The quantitative estimate of drug-likeness (QED) is 0.419. The molecule has 1 fully saturated rings. The van der Waals surface area contributed by atoms with Gasteiger partial charge in [0.05, 0.1) is 36.3 Å². The molecule has 2 atom stereocenters. The fourth-order valence-electron chi connectivity index (χ4n) is 5.24. The average molecular weight is 559 g/mol. The van der Waals surface area contributed by atoms with Crippen LogP contribution in [0.3, 0.4) is 0 Å². The summed E-state index contributed by atoms with van der Waals surface area (Å²) < 4.78 is 5.20. The molecule has 1 aromatic carbocycles. The standard InChI is InChI=1S/C28H35ClN4O4S/c1-5-31(6-2)26(35)24-18(4)30-28-33(25(24)21-12-8-9-13-22(21)29)20(17-38-28)15-23(34)32-14-10-11-19(16-32)27(36)37-7-3/h8-9,12-13,17,19,25H,5-7,10-11,14-16H2,1-4H3/t19-,25-/m0/s1. The molecule has 3 aliphatic heterocycles. The molecule has 3 heterocycles. The molecular weight excluding hydrogens is 524 g/mol. The van der Waals surface area contributed by atoms with Crippen molar-refractivity contribution in [3.05, 3.63) is 57.2 Å². The second kappa shape index (κ2) is 12.4. The number of esters is 1. The van der Waals surface area contributed by atoms with Crippen molar-refractivity contribution in [2.24, 2.45) is 10.9 Å². The van der Waals surface area contributed by atoms with E-state index in [1.54, 1.807) is 16.7 Å². The van der Waals surface area contributed by atoms with E-state index < -0.39 is 6.04 Å². The summed E-state index contributed by atoms with van der Waals surface area (Å²) in [7, 11) is 0. The third-order valence-electron chi connectivity index (χ3n) is 7.21. The summed E-state index contributed by atoms with van der Waals surface area (Å²) in [6.07, 6.45) is 1.61. The minimum Gasteiger partial charge on any atom is -0.466 e. The summed E-state index contributed by atoms with van der Waals surface area (Å²) in [6, 6.07) is 7.00. The third-order valence-corrected chi connectivity index (χ3v) is 8.44. The highest BCUT2D eigenvalue weighted by atomic mass is 35.5. The predicted molar refractivity (Wildman–Crippen MR) is 150 cm³/mol. The van der Waals surface area contributed by atoms with Crippen molar-refractivity contribution in [2.45, 2.75) is 53.0 Å². The highest BCUT2D eigenvalue weighted by Crippen LogP contribution is 2.46. The highest BCUT2D eigenvalue weighted by molar-refractivity contribution is 8.16. The van der Waals surface area contributed by atoms with Gasteiger partial charge in [-0.05, 0) is 57.6 Å². The van der Waals surface area contributed by atoms with Crippen LogP contribution >= 0.6 is 23.4 Å². The van der Waals surface area contributed by atoms with Gasteiger partial charge >= 0.3 is 5.97 Å². The van der Waals surface area contributed by atoms with Gasteiger partial charge in [-0.3, -0.25) is 14.4 Å². The number of aliphatic imine (C=N–C) groups is 1. The van der Waals surface area contributed by atoms with Crippen LogP contribution in [0.4, 0.5) is 0 Å². The van der Waals surface area contributed by atoms with E-state index in [1.165, 1.54) is 11.8 Å². The molecule has 4 rings (SSSR count). The Labute approximate surface area is 233 Å². The molecule has 0 N–H and O–H groups in total. The Morgan fingerprint density at radius 1 is 1.18 bits per heavy atom. The van der Waals surface area contributed by atoms with Crippen molar-refractivity contribution in [2.75, 3.05) is 32.8 Å². The number of hydrogen-bond acceptors (Lipinski definition) is 7. The number of thioether (sulfide) groups is 1. The van der Waals surface area contributed by atoms with Crippen LogP contribution < -0.4 is 0 Å². The highest BCUT2D eigenvalue weighted by Gasteiger charge is 2.42. The molecule has 2 amide bonds. The minimum absolute atomic E-state index is 0.0621. The zero-order chi connectivity index (χ0) is 27.4. The van der Waals surface area contributed by atoms with Crippen LogP contribution in [0.25, 0.3) is 0 Å². The van der Waals surface area contributed by atoms with Crippen molar-refractivity contribution in [1.29, 1.82) is 0 Å². The van der Waals surface area contributed by atoms with E-state index in [-0.39, 0.29) is 30.1 Å². The van der Waals surface area contributed by atoms with Crippen molar-refractivity contribution in [1.82, 2.24) is 14.7 Å². The number of rotatable bonds is 8. The number of amidine groups is 1. The maximum absolute atomic E-state index is 13.8. The van der Waals surface area contributed by atoms with E-state index in [2.05, 4.69) is 0 Å². The number of ether oxygens (including phenoxy) is 1. The number of fused-ring (bicyclic) bond motifs is 1. The van der Waals surface area contributed by atoms with Gasteiger partial charge in [0.2, 0.25) is 5.91 Å². The van der Waals surface area contributed by atoms with Gasteiger partial charge in [0, 0.05) is 36.9 Å². The molecule has 0 aromatic heterocycles. The van der Waals surface area contributed by atoms with E-state index in [1.807, 2.05) is 55.3 Å². The Morgan fingerprint density at radius 2 is 1.92 bits per heavy atom. The number of likely N-dealkylation sites (N-methyl/N-ethyl adjacent to an activating group) is 1. The van der Waals surface area contributed by atoms with Crippen molar-refractivity contribution in [3.8, 4) is 0 Å². The van der Waals surface area contributed by atoms with Crippen molar-refractivity contribution < 1.29 is 19.1 Å². The lowest BCUT2D eigenvalue weighted by atomic mass is 9.92. The zero-order valence-electron chi connectivity index (χ0n) is 22.4. The number of piperidine rings is 1. The average Bonchev–Trinajstić information content (AvgIpc) is 3.30. The normalized spacial score (nSPS) is 21.1. The van der Waals surface area contributed by atoms with E-state index >= 15 is 0 Å². The topological polar surface area (TPSA) is 82.5 Å². The van der Waals surface area contributed by atoms with Crippen LogP contribution in [0.2, 0.25) is 5.02 Å². The first-order valence-corrected chi connectivity index (χ1v) is 14.5. The van der Waals surface area contributed by atoms with Gasteiger partial charge in [0.15, 0.2) is 5.17 Å². The van der Waals surface area contributed by atoms with E-state index in [0.717, 1.165) is 29.3 Å². The van der Waals surface area contributed by atoms with Gasteiger partial charge in [-0.1, -0.05) is 41.6 Å². The maximum atomic E-state index is 13.8. The molecule has 0 aliphatic carbocycles. The summed E-state index contributed by atoms with van der Waals surface area (Å²) in [5.41, 5.74) is 2.77. The number of benzene rings is 1. The Hall–Kier alpha value is -2.78. The van der Waals surface area contributed by atoms with Crippen LogP contribution in [0.5, 0.6) is 0 Å². The molecule has 0 saturated carbocycles. The lowest BCUT2D eigenvalue weighted by Crippen LogP contribution is -2.44. The lowest BCUT2D eigenvalue weighted by molar-refractivity contribution is -0.151. The first-order valence-electron chi connectivity index (χ1n) is 13.2. The first kappa shape index (κ1) is 28.2. The second-order valence-electron chi connectivity index (χ2n) is 9.50. The molecule has 1 saturated heterocycles. The lowest BCUT2D eigenvalue weighted by Gasteiger charge is -2.39. The first-order chi connectivity index (χ1) is 18.3. The van der Waals surface area contributed by atoms with Crippen LogP contribution in [0, 0.1) is 5.92 Å². The van der Waals surface area contributed by atoms with E-state index in [0.29, 0.717) is 49.1 Å². The van der Waals surface area contributed by atoms with Crippen molar-refractivity contribution >= 4 is 46.3 Å². The Morgan fingerprint density at radius 3 is 2.61 bits per heavy atom. The zero-order valence-corrected chi connectivity index (χ0v) is 24.0. The molecule has 38 heavy (non-hydrogen) atoms. The third kappa shape index (κ3) is 5.64. The van der Waals surface area contributed by atoms with Gasteiger partial charge in [-0.25, -0.2) is 4.99 Å². The van der Waals surface area contributed by atoms with Gasteiger partial charge < -0.3 is 19.4 Å². The van der Waals surface area contributed by atoms with Crippen LogP contribution in [0.1, 0.15) is 58.6 Å². The molecule has 3 aliphatic rings. The number of carbonyl (C=O) groups excluding carboxylic acids is 3. The summed E-state index contributed by atoms with van der Waals surface area (Å²) in [5.74, 6) is -0.694. The molecular formula is C28H35ClN4O4S. The van der Waals surface area contributed by atoms with Crippen LogP contribution in [-0.4, -0.2) is 70.4 Å². The molecule has 0 radical (unpaired) electrons. The SMILES string of the molecule is CCOC(=O)[C@H]1CCCN(C(=O)CC2=CSC3=NC(C)=C(C(=O)N(CC)CC)[C@H](c4ccccc4Cl)N23)C1. The number of halogens is 1. The van der Waals surface area contributed by atoms with E-state index in [4.69, 9.17) is 21.3 Å². The minimum atomic E-state index is -0.507. The van der Waals surface area contributed by atoms with E-state index in [9.17, 15) is 14.4 Å². The number of amides is 2. The fourth-order valence-corrected chi connectivity index (χ4v) is 6.44. The molecule has 0 spiro atoms. The van der Waals surface area contributed by atoms with Crippen LogP contribution in [-0.2, 0) is 19.1 Å². The van der Waals surface area contributed by atoms with Crippen LogP contribution in [0.15, 0.2) is 51.6 Å². The number of carbonyl (C=O) groups is 3. The monoisotopic (exact) mass is 558 g/mol. The number of allylic oxidation sites excluding steroid dienone is 1. The number of nitrogens with zero attached hydrogens (tertiary/aromatic N) is 4. The van der Waals surface area contributed by atoms with Gasteiger partial charge in [-0.15, -0.1) is 0 Å². The maximum Gasteiger partial charge on any atom is 0.310 e. The predicted octanol–water partition coefficient (Wildman–Crippen LogP) is 4.98. The molecule has 204 valence electrons. The van der Waals surface area contributed by atoms with Gasteiger partial charge in [0.1, 0.15) is 0 Å². The molecule has 1 aromatic rings. The summed E-state index contributed by atoms with van der Waals surface area (Å²) in [4.78, 5) is 49.9. The van der Waals surface area contributed by atoms with Gasteiger partial charge in [0.25, 0.3) is 5.91 Å². The second-order valence-corrected chi connectivity index (χ2v) is 10.7. The van der Waals surface area contributed by atoms with Gasteiger partial charge in [-0.2, -0.15) is 0 Å². The Bertz CT molecular complexity index is 1190. The number of likely N-dealkylation sites (tertiary alicyclic amines) is 1. The largest absolute Gasteiger partial charge is 0.466 e. The Kier molecular flexibility index (Phi) is 9.20. The fraction of sp³-hybridized carbons (Fsp3) is 0.500. The molecule has 0 unspecified atom stereocenters. The summed E-state index contributed by atoms with van der Waals surface area (Å²) in [5, 5.41) is 3.20. The molecule has 8 nitrogen and oxygen atoms in total. The molecule has 0 bridgehead atoms. The summed E-state index contributed by atoms with van der Waals surface area (Å²) in [6.45, 7) is 10.00. The summed E-state index contributed by atoms with van der Waals surface area (Å²) >= 11 is 8.14. The smallest absolute Gasteiger partial charge is 0.310 e.